The highest BCUT2D eigenvalue weighted by Gasteiger charge is 2.41. The van der Waals surface area contributed by atoms with Crippen LogP contribution in [0.3, 0.4) is 0 Å². The molecule has 0 bridgehead atoms. The molecular weight excluding hydrogens is 300 g/mol. The van der Waals surface area contributed by atoms with E-state index in [1.807, 2.05) is 13.8 Å². The Morgan fingerprint density at radius 3 is 2.65 bits per heavy atom. The molecule has 3 rings (SSSR count). The molecule has 1 aliphatic carbocycles. The van der Waals surface area contributed by atoms with Gasteiger partial charge in [-0.3, -0.25) is 0 Å². The second kappa shape index (κ2) is 6.02. The van der Waals surface area contributed by atoms with Crippen LogP contribution in [-0.2, 0) is 6.54 Å². The minimum Gasteiger partial charge on any atom is -0.396 e. The molecule has 124 valence electrons. The van der Waals surface area contributed by atoms with E-state index in [2.05, 4.69) is 10.4 Å². The molecule has 1 fully saturated rings. The van der Waals surface area contributed by atoms with Gasteiger partial charge in [0.15, 0.2) is 5.82 Å². The lowest BCUT2D eigenvalue weighted by molar-refractivity contribution is 0.207. The smallest absolute Gasteiger partial charge is 0.151 e. The van der Waals surface area contributed by atoms with Crippen LogP contribution < -0.4 is 5.32 Å². The Kier molecular flexibility index (Phi) is 4.21. The zero-order chi connectivity index (χ0) is 16.6. The molecule has 0 unspecified atom stereocenters. The van der Waals surface area contributed by atoms with Crippen LogP contribution in [0, 0.1) is 30.9 Å². The van der Waals surface area contributed by atoms with Gasteiger partial charge in [0, 0.05) is 42.4 Å². The summed E-state index contributed by atoms with van der Waals surface area (Å²) in [5.41, 5.74) is 2.93. The Hall–Kier alpha value is -1.79. The zero-order valence-electron chi connectivity index (χ0n) is 13.4. The van der Waals surface area contributed by atoms with E-state index >= 15 is 0 Å². The molecule has 4 nitrogen and oxygen atoms in total. The van der Waals surface area contributed by atoms with Crippen LogP contribution in [-0.4, -0.2) is 28.0 Å². The third kappa shape index (κ3) is 3.14. The van der Waals surface area contributed by atoms with Crippen LogP contribution in [0.5, 0.6) is 0 Å². The van der Waals surface area contributed by atoms with E-state index < -0.39 is 11.6 Å². The van der Waals surface area contributed by atoms with Gasteiger partial charge in [-0.25, -0.2) is 13.5 Å². The van der Waals surface area contributed by atoms with E-state index in [4.69, 9.17) is 0 Å². The van der Waals surface area contributed by atoms with Crippen LogP contribution in [0.2, 0.25) is 0 Å². The van der Waals surface area contributed by atoms with E-state index in [0.29, 0.717) is 6.54 Å². The topological polar surface area (TPSA) is 50.1 Å². The van der Waals surface area contributed by atoms with E-state index in [0.717, 1.165) is 42.4 Å². The van der Waals surface area contributed by atoms with E-state index in [9.17, 15) is 13.9 Å². The van der Waals surface area contributed by atoms with Crippen LogP contribution in [0.15, 0.2) is 18.2 Å². The van der Waals surface area contributed by atoms with Crippen LogP contribution in [0.4, 0.5) is 8.78 Å². The molecule has 0 atom stereocenters. The maximum Gasteiger partial charge on any atom is 0.151 e. The molecule has 0 spiro atoms. The predicted octanol–water partition coefficient (Wildman–Crippen LogP) is 2.63. The summed E-state index contributed by atoms with van der Waals surface area (Å²) in [6, 6.07) is 3.49. The van der Waals surface area contributed by atoms with Crippen molar-refractivity contribution in [3.8, 4) is 5.69 Å². The number of nitrogens with one attached hydrogen (secondary N) is 1. The molecule has 0 amide bonds. The standard InChI is InChI=1S/C17H21F2N3O/c1-11-14(8-20-9-17(10-23)5-6-17)12(2)22(21-11)16-4-3-13(18)7-15(16)19/h3-4,7,20,23H,5-6,8-10H2,1-2H3. The second-order valence-electron chi connectivity index (χ2n) is 6.42. The Morgan fingerprint density at radius 2 is 2.04 bits per heavy atom. The molecule has 1 saturated carbocycles. The number of rotatable bonds is 6. The second-order valence-corrected chi connectivity index (χ2v) is 6.42. The van der Waals surface area contributed by atoms with E-state index in [1.54, 1.807) is 0 Å². The number of aliphatic hydroxyl groups is 1. The Bertz CT molecular complexity index is 723. The molecule has 1 aromatic carbocycles. The first-order valence-corrected chi connectivity index (χ1v) is 7.78. The van der Waals surface area contributed by atoms with Gasteiger partial charge in [0.2, 0.25) is 0 Å². The lowest BCUT2D eigenvalue weighted by Crippen LogP contribution is -2.26. The molecular formula is C17H21F2N3O. The number of hydrogen-bond acceptors (Lipinski definition) is 3. The fraction of sp³-hybridized carbons (Fsp3) is 0.471. The van der Waals surface area contributed by atoms with Crippen molar-refractivity contribution < 1.29 is 13.9 Å². The monoisotopic (exact) mass is 321 g/mol. The van der Waals surface area contributed by atoms with Gasteiger partial charge in [0.1, 0.15) is 11.5 Å². The predicted molar refractivity (Wildman–Crippen MR) is 83.4 cm³/mol. The largest absolute Gasteiger partial charge is 0.396 e. The van der Waals surface area contributed by atoms with Crippen LogP contribution in [0.1, 0.15) is 29.8 Å². The van der Waals surface area contributed by atoms with E-state index in [-0.39, 0.29) is 17.7 Å². The summed E-state index contributed by atoms with van der Waals surface area (Å²) in [6.45, 7) is 5.33. The van der Waals surface area contributed by atoms with Crippen molar-refractivity contribution in [1.29, 1.82) is 0 Å². The van der Waals surface area contributed by atoms with Gasteiger partial charge in [-0.1, -0.05) is 0 Å². The van der Waals surface area contributed by atoms with Crippen molar-refractivity contribution in [2.45, 2.75) is 33.2 Å². The average molecular weight is 321 g/mol. The fourth-order valence-electron chi connectivity index (χ4n) is 2.84. The molecule has 0 saturated heterocycles. The number of aromatic nitrogens is 2. The molecule has 0 radical (unpaired) electrons. The maximum atomic E-state index is 14.0. The lowest BCUT2D eigenvalue weighted by atomic mass is 10.1. The van der Waals surface area contributed by atoms with Gasteiger partial charge in [0.05, 0.1) is 5.69 Å². The van der Waals surface area contributed by atoms with Crippen molar-refractivity contribution in [1.82, 2.24) is 15.1 Å². The number of halogens is 2. The summed E-state index contributed by atoms with van der Waals surface area (Å²) in [6.07, 6.45) is 2.10. The van der Waals surface area contributed by atoms with Crippen molar-refractivity contribution in [3.63, 3.8) is 0 Å². The van der Waals surface area contributed by atoms with Gasteiger partial charge in [-0.2, -0.15) is 5.10 Å². The molecule has 1 aliphatic rings. The van der Waals surface area contributed by atoms with Gasteiger partial charge in [-0.05, 0) is 38.8 Å². The molecule has 2 N–H and O–H groups in total. The lowest BCUT2D eigenvalue weighted by Gasteiger charge is -2.13. The van der Waals surface area contributed by atoms with E-state index in [1.165, 1.54) is 16.8 Å². The normalized spacial score (nSPS) is 15.9. The molecule has 2 aromatic rings. The van der Waals surface area contributed by atoms with Gasteiger partial charge < -0.3 is 10.4 Å². The number of nitrogens with zero attached hydrogens (tertiary/aromatic N) is 2. The fourth-order valence-corrected chi connectivity index (χ4v) is 2.84. The highest BCUT2D eigenvalue weighted by molar-refractivity contribution is 5.38. The first-order valence-electron chi connectivity index (χ1n) is 7.78. The SMILES string of the molecule is Cc1nn(-c2ccc(F)cc2F)c(C)c1CNCC1(CO)CC1. The summed E-state index contributed by atoms with van der Waals surface area (Å²) in [5, 5.41) is 17.1. The van der Waals surface area contributed by atoms with Crippen LogP contribution >= 0.6 is 0 Å². The summed E-state index contributed by atoms with van der Waals surface area (Å²) in [5.74, 6) is -1.24. The van der Waals surface area contributed by atoms with Crippen molar-refractivity contribution >= 4 is 0 Å². The maximum absolute atomic E-state index is 14.0. The molecule has 1 aromatic heterocycles. The molecule has 23 heavy (non-hydrogen) atoms. The van der Waals surface area contributed by atoms with Crippen molar-refractivity contribution in [2.24, 2.45) is 5.41 Å². The van der Waals surface area contributed by atoms with Crippen molar-refractivity contribution in [2.75, 3.05) is 13.2 Å². The number of aryl methyl sites for hydroxylation is 1. The molecule has 6 heteroatoms. The van der Waals surface area contributed by atoms with Gasteiger partial charge >= 0.3 is 0 Å². The summed E-state index contributed by atoms with van der Waals surface area (Å²) in [7, 11) is 0. The Morgan fingerprint density at radius 1 is 1.30 bits per heavy atom. The minimum atomic E-state index is -0.632. The minimum absolute atomic E-state index is 0.0425. The molecule has 1 heterocycles. The Labute approximate surface area is 134 Å². The number of aliphatic hydroxyl groups excluding tert-OH is 1. The summed E-state index contributed by atoms with van der Waals surface area (Å²) in [4.78, 5) is 0. The van der Waals surface area contributed by atoms with Gasteiger partial charge in [-0.15, -0.1) is 0 Å². The van der Waals surface area contributed by atoms with Gasteiger partial charge in [0.25, 0.3) is 0 Å². The zero-order valence-corrected chi connectivity index (χ0v) is 13.4. The first kappa shape index (κ1) is 16.1. The third-order valence-electron chi connectivity index (χ3n) is 4.67. The number of benzene rings is 1. The first-order chi connectivity index (χ1) is 11.0. The summed E-state index contributed by atoms with van der Waals surface area (Å²) < 4.78 is 28.6. The molecule has 0 aliphatic heterocycles. The highest BCUT2D eigenvalue weighted by Crippen LogP contribution is 2.44. The average Bonchev–Trinajstić information content (AvgIpc) is 3.24. The number of hydrogen-bond donors (Lipinski definition) is 2. The van der Waals surface area contributed by atoms with Crippen molar-refractivity contribution in [3.05, 3.63) is 46.8 Å². The Balaban J connectivity index is 1.79. The summed E-state index contributed by atoms with van der Waals surface area (Å²) >= 11 is 0. The highest BCUT2D eigenvalue weighted by atomic mass is 19.1. The third-order valence-corrected chi connectivity index (χ3v) is 4.67. The van der Waals surface area contributed by atoms with Crippen LogP contribution in [0.25, 0.3) is 5.69 Å². The quantitative estimate of drug-likeness (QED) is 0.860.